The summed E-state index contributed by atoms with van der Waals surface area (Å²) >= 11 is 0. The van der Waals surface area contributed by atoms with Crippen LogP contribution in [-0.4, -0.2) is 31.5 Å². The van der Waals surface area contributed by atoms with Gasteiger partial charge in [-0.3, -0.25) is 9.59 Å². The fourth-order valence-corrected chi connectivity index (χ4v) is 4.06. The number of carbonyl (C=O) groups is 2. The van der Waals surface area contributed by atoms with Gasteiger partial charge in [0.2, 0.25) is 0 Å². The molecule has 0 atom stereocenters. The first-order chi connectivity index (χ1) is 15.1. The van der Waals surface area contributed by atoms with Crippen LogP contribution < -0.4 is 15.0 Å². The molecule has 1 saturated carbocycles. The number of nitrogens with zero attached hydrogens (tertiary/aromatic N) is 1. The zero-order valence-corrected chi connectivity index (χ0v) is 18.7. The fourth-order valence-electron chi connectivity index (χ4n) is 4.06. The Morgan fingerprint density at radius 2 is 1.65 bits per heavy atom. The third-order valence-corrected chi connectivity index (χ3v) is 5.88. The number of benzene rings is 2. The summed E-state index contributed by atoms with van der Waals surface area (Å²) in [6.07, 6.45) is 8.75. The zero-order chi connectivity index (χ0) is 22.1. The molecule has 0 saturated heterocycles. The fraction of sp³-hybridized carbons (Fsp3) is 0.462. The number of nitrogens with one attached hydrogen (secondary N) is 1. The van der Waals surface area contributed by atoms with E-state index in [1.165, 1.54) is 6.42 Å². The SMILES string of the molecule is CCCCCOc1ccccc1C(=O)N(C)c1ccccc1C(=O)NC1CCCCC1. The van der Waals surface area contributed by atoms with E-state index in [2.05, 4.69) is 12.2 Å². The Kier molecular flexibility index (Phi) is 8.51. The smallest absolute Gasteiger partial charge is 0.261 e. The molecule has 0 radical (unpaired) electrons. The van der Waals surface area contributed by atoms with Crippen LogP contribution in [0, 0.1) is 0 Å². The van der Waals surface area contributed by atoms with Crippen LogP contribution in [0.15, 0.2) is 48.5 Å². The molecule has 3 rings (SSSR count). The summed E-state index contributed by atoms with van der Waals surface area (Å²) in [5.74, 6) is 0.273. The number of para-hydroxylation sites is 2. The predicted molar refractivity (Wildman–Crippen MR) is 125 cm³/mol. The maximum absolute atomic E-state index is 13.3. The average molecular weight is 423 g/mol. The highest BCUT2D eigenvalue weighted by molar-refractivity contribution is 6.11. The summed E-state index contributed by atoms with van der Waals surface area (Å²) in [4.78, 5) is 27.9. The van der Waals surface area contributed by atoms with Gasteiger partial charge in [-0.2, -0.15) is 0 Å². The first-order valence-corrected chi connectivity index (χ1v) is 11.5. The molecule has 1 fully saturated rings. The van der Waals surface area contributed by atoms with Crippen molar-refractivity contribution in [3.05, 3.63) is 59.7 Å². The topological polar surface area (TPSA) is 58.6 Å². The lowest BCUT2D eigenvalue weighted by atomic mass is 9.95. The first kappa shape index (κ1) is 22.9. The third kappa shape index (κ3) is 6.09. The molecule has 1 aliphatic rings. The van der Waals surface area contributed by atoms with Crippen LogP contribution in [0.1, 0.15) is 79.0 Å². The van der Waals surface area contributed by atoms with Gasteiger partial charge in [0.25, 0.3) is 11.8 Å². The summed E-state index contributed by atoms with van der Waals surface area (Å²) in [7, 11) is 1.71. The number of unbranched alkanes of at least 4 members (excludes halogenated alkanes) is 2. The van der Waals surface area contributed by atoms with Gasteiger partial charge in [-0.1, -0.05) is 63.3 Å². The lowest BCUT2D eigenvalue weighted by Crippen LogP contribution is -2.37. The van der Waals surface area contributed by atoms with Crippen molar-refractivity contribution in [2.75, 3.05) is 18.6 Å². The second-order valence-electron chi connectivity index (χ2n) is 8.24. The molecule has 0 aliphatic heterocycles. The van der Waals surface area contributed by atoms with E-state index >= 15 is 0 Å². The summed E-state index contributed by atoms with van der Waals surface area (Å²) < 4.78 is 5.90. The molecule has 31 heavy (non-hydrogen) atoms. The van der Waals surface area contributed by atoms with Gasteiger partial charge in [-0.15, -0.1) is 0 Å². The van der Waals surface area contributed by atoms with Crippen molar-refractivity contribution in [3.8, 4) is 5.75 Å². The number of anilines is 1. The molecule has 0 heterocycles. The van der Waals surface area contributed by atoms with Crippen LogP contribution in [0.2, 0.25) is 0 Å². The normalized spacial score (nSPS) is 14.1. The molecule has 1 N–H and O–H groups in total. The molecule has 5 heteroatoms. The van der Waals surface area contributed by atoms with Crippen molar-refractivity contribution in [1.82, 2.24) is 5.32 Å². The van der Waals surface area contributed by atoms with Gasteiger partial charge in [0, 0.05) is 13.1 Å². The maximum Gasteiger partial charge on any atom is 0.261 e. The maximum atomic E-state index is 13.3. The van der Waals surface area contributed by atoms with E-state index in [9.17, 15) is 9.59 Å². The molecular formula is C26H34N2O3. The number of amides is 2. The Bertz CT molecular complexity index is 874. The largest absolute Gasteiger partial charge is 0.493 e. The van der Waals surface area contributed by atoms with Crippen molar-refractivity contribution in [2.24, 2.45) is 0 Å². The van der Waals surface area contributed by atoms with Crippen molar-refractivity contribution in [3.63, 3.8) is 0 Å². The highest BCUT2D eigenvalue weighted by Crippen LogP contribution is 2.26. The van der Waals surface area contributed by atoms with E-state index in [-0.39, 0.29) is 17.9 Å². The van der Waals surface area contributed by atoms with E-state index in [0.717, 1.165) is 44.9 Å². The van der Waals surface area contributed by atoms with E-state index < -0.39 is 0 Å². The van der Waals surface area contributed by atoms with Gasteiger partial charge < -0.3 is 15.0 Å². The van der Waals surface area contributed by atoms with Gasteiger partial charge in [-0.05, 0) is 43.5 Å². The van der Waals surface area contributed by atoms with Crippen LogP contribution in [0.4, 0.5) is 5.69 Å². The molecule has 2 aromatic carbocycles. The molecule has 2 aromatic rings. The van der Waals surface area contributed by atoms with E-state index in [4.69, 9.17) is 4.74 Å². The minimum atomic E-state index is -0.191. The minimum Gasteiger partial charge on any atom is -0.493 e. The Labute approximate surface area is 185 Å². The van der Waals surface area contributed by atoms with E-state index in [1.807, 2.05) is 36.4 Å². The molecule has 0 spiro atoms. The van der Waals surface area contributed by atoms with Crippen molar-refractivity contribution < 1.29 is 14.3 Å². The zero-order valence-electron chi connectivity index (χ0n) is 18.7. The van der Waals surface area contributed by atoms with Crippen LogP contribution in [0.5, 0.6) is 5.75 Å². The third-order valence-electron chi connectivity index (χ3n) is 5.88. The number of hydrogen-bond donors (Lipinski definition) is 1. The number of ether oxygens (including phenoxy) is 1. The van der Waals surface area contributed by atoms with Gasteiger partial charge >= 0.3 is 0 Å². The van der Waals surface area contributed by atoms with Crippen LogP contribution in [0.3, 0.4) is 0 Å². The highest BCUT2D eigenvalue weighted by atomic mass is 16.5. The lowest BCUT2D eigenvalue weighted by molar-refractivity contribution is 0.0928. The van der Waals surface area contributed by atoms with Crippen LogP contribution in [0.25, 0.3) is 0 Å². The van der Waals surface area contributed by atoms with Crippen molar-refractivity contribution in [1.29, 1.82) is 0 Å². The molecule has 5 nitrogen and oxygen atoms in total. The standard InChI is InChI=1S/C26H34N2O3/c1-3-4-12-19-31-24-18-11-9-16-22(24)26(30)28(2)23-17-10-8-15-21(23)25(29)27-20-13-6-5-7-14-20/h8-11,15-18,20H,3-7,12-14,19H2,1-2H3,(H,27,29). The average Bonchev–Trinajstić information content (AvgIpc) is 2.82. The Morgan fingerprint density at radius 3 is 2.39 bits per heavy atom. The minimum absolute atomic E-state index is 0.119. The first-order valence-electron chi connectivity index (χ1n) is 11.5. The molecule has 0 unspecified atom stereocenters. The number of hydrogen-bond acceptors (Lipinski definition) is 3. The molecule has 2 amide bonds. The second-order valence-corrected chi connectivity index (χ2v) is 8.24. The van der Waals surface area contributed by atoms with Crippen molar-refractivity contribution in [2.45, 2.75) is 64.3 Å². The summed E-state index contributed by atoms with van der Waals surface area (Å²) in [5.41, 5.74) is 1.62. The predicted octanol–water partition coefficient (Wildman–Crippen LogP) is 5.59. The second kappa shape index (κ2) is 11.5. The lowest BCUT2D eigenvalue weighted by Gasteiger charge is -2.25. The number of rotatable bonds is 9. The highest BCUT2D eigenvalue weighted by Gasteiger charge is 2.23. The summed E-state index contributed by atoms with van der Waals surface area (Å²) in [5, 5.41) is 3.16. The van der Waals surface area contributed by atoms with E-state index in [0.29, 0.717) is 29.2 Å². The molecule has 1 aliphatic carbocycles. The molecule has 166 valence electrons. The van der Waals surface area contributed by atoms with Crippen LogP contribution >= 0.6 is 0 Å². The molecule has 0 bridgehead atoms. The van der Waals surface area contributed by atoms with Gasteiger partial charge in [0.15, 0.2) is 0 Å². The summed E-state index contributed by atoms with van der Waals surface area (Å²) in [6, 6.07) is 14.8. The monoisotopic (exact) mass is 422 g/mol. The Morgan fingerprint density at radius 1 is 0.968 bits per heavy atom. The molecular weight excluding hydrogens is 388 g/mol. The Hall–Kier alpha value is -2.82. The van der Waals surface area contributed by atoms with Gasteiger partial charge in [0.1, 0.15) is 5.75 Å². The van der Waals surface area contributed by atoms with Crippen LogP contribution in [-0.2, 0) is 0 Å². The Balaban J connectivity index is 1.76. The van der Waals surface area contributed by atoms with Gasteiger partial charge in [-0.25, -0.2) is 0 Å². The quantitative estimate of drug-likeness (QED) is 0.536. The van der Waals surface area contributed by atoms with Gasteiger partial charge in [0.05, 0.1) is 23.4 Å². The van der Waals surface area contributed by atoms with E-state index in [1.54, 1.807) is 24.1 Å². The number of carbonyl (C=O) groups excluding carboxylic acids is 2. The summed E-state index contributed by atoms with van der Waals surface area (Å²) in [6.45, 7) is 2.73. The molecule has 0 aromatic heterocycles. The van der Waals surface area contributed by atoms with Crippen molar-refractivity contribution >= 4 is 17.5 Å².